The van der Waals surface area contributed by atoms with Crippen molar-refractivity contribution in [3.8, 4) is 5.75 Å². The van der Waals surface area contributed by atoms with Gasteiger partial charge < -0.3 is 14.8 Å². The Morgan fingerprint density at radius 2 is 2.00 bits per heavy atom. The van der Waals surface area contributed by atoms with Gasteiger partial charge in [-0.1, -0.05) is 23.4 Å². The molecule has 31 heavy (non-hydrogen) atoms. The first kappa shape index (κ1) is 23.1. The molecule has 3 aromatic rings. The monoisotopic (exact) mass is 480 g/mol. The normalized spacial score (nSPS) is 10.7. The highest BCUT2D eigenvalue weighted by molar-refractivity contribution is 7.99. The molecule has 0 radical (unpaired) electrons. The van der Waals surface area contributed by atoms with E-state index in [1.807, 2.05) is 13.8 Å². The number of hydrogen-bond acceptors (Lipinski definition) is 8. The SMILES string of the molecule is CCOC(=O)c1c(NC(=O)CSc2n[nH]c(COc3ccc(Cl)cc3)n2)sc(C)c1C. The lowest BCUT2D eigenvalue weighted by atomic mass is 10.1. The number of carbonyl (C=O) groups excluding carboxylic acids is 2. The van der Waals surface area contributed by atoms with Crippen molar-refractivity contribution in [2.24, 2.45) is 0 Å². The van der Waals surface area contributed by atoms with Gasteiger partial charge in [0.2, 0.25) is 11.1 Å². The largest absolute Gasteiger partial charge is 0.486 e. The molecule has 2 heterocycles. The van der Waals surface area contributed by atoms with Crippen molar-refractivity contribution in [2.75, 3.05) is 17.7 Å². The zero-order valence-corrected chi connectivity index (χ0v) is 19.5. The molecule has 2 aromatic heterocycles. The van der Waals surface area contributed by atoms with E-state index in [0.29, 0.717) is 32.3 Å². The fourth-order valence-electron chi connectivity index (χ4n) is 2.55. The topological polar surface area (TPSA) is 106 Å². The van der Waals surface area contributed by atoms with Crippen LogP contribution in [0.15, 0.2) is 29.4 Å². The van der Waals surface area contributed by atoms with Gasteiger partial charge in [-0.05, 0) is 50.6 Å². The van der Waals surface area contributed by atoms with Crippen molar-refractivity contribution >= 4 is 51.6 Å². The molecule has 2 N–H and O–H groups in total. The van der Waals surface area contributed by atoms with Crippen LogP contribution in [0.5, 0.6) is 5.75 Å². The quantitative estimate of drug-likeness (QED) is 0.340. The first-order valence-corrected chi connectivity index (χ1v) is 11.5. The maximum absolute atomic E-state index is 12.4. The lowest BCUT2D eigenvalue weighted by Crippen LogP contribution is -2.16. The Morgan fingerprint density at radius 3 is 2.71 bits per heavy atom. The molecule has 3 rings (SSSR count). The third-order valence-corrected chi connectivity index (χ3v) is 6.37. The molecule has 0 spiro atoms. The third-order valence-electron chi connectivity index (χ3n) is 4.15. The number of rotatable bonds is 9. The van der Waals surface area contributed by atoms with Crippen LogP contribution in [-0.2, 0) is 16.1 Å². The van der Waals surface area contributed by atoms with E-state index in [0.717, 1.165) is 10.4 Å². The van der Waals surface area contributed by atoms with Gasteiger partial charge in [0.05, 0.1) is 17.9 Å². The number of halogens is 1. The molecule has 1 amide bonds. The number of thiophene rings is 1. The average Bonchev–Trinajstić information content (AvgIpc) is 3.30. The summed E-state index contributed by atoms with van der Waals surface area (Å²) in [6.45, 7) is 5.95. The minimum Gasteiger partial charge on any atom is -0.486 e. The lowest BCUT2D eigenvalue weighted by Gasteiger charge is -2.06. The van der Waals surface area contributed by atoms with Crippen LogP contribution in [0.4, 0.5) is 5.00 Å². The summed E-state index contributed by atoms with van der Waals surface area (Å²) in [6, 6.07) is 7.00. The number of carbonyl (C=O) groups is 2. The Bertz CT molecular complexity index is 1070. The van der Waals surface area contributed by atoms with Crippen molar-refractivity contribution in [1.29, 1.82) is 0 Å². The number of anilines is 1. The van der Waals surface area contributed by atoms with E-state index in [9.17, 15) is 9.59 Å². The second-order valence-electron chi connectivity index (χ2n) is 6.35. The maximum atomic E-state index is 12.4. The van der Waals surface area contributed by atoms with Gasteiger partial charge >= 0.3 is 5.97 Å². The Hall–Kier alpha value is -2.56. The van der Waals surface area contributed by atoms with Gasteiger partial charge in [0.1, 0.15) is 17.4 Å². The van der Waals surface area contributed by atoms with Crippen LogP contribution in [0.25, 0.3) is 0 Å². The number of esters is 1. The van der Waals surface area contributed by atoms with Crippen LogP contribution in [0, 0.1) is 13.8 Å². The number of H-pyrrole nitrogens is 1. The number of amides is 1. The number of aromatic nitrogens is 3. The van der Waals surface area contributed by atoms with Crippen LogP contribution in [0.3, 0.4) is 0 Å². The van der Waals surface area contributed by atoms with Crippen LogP contribution >= 0.6 is 34.7 Å². The fraction of sp³-hybridized carbons (Fsp3) is 0.300. The van der Waals surface area contributed by atoms with E-state index in [1.54, 1.807) is 31.2 Å². The van der Waals surface area contributed by atoms with Gasteiger partial charge in [-0.3, -0.25) is 9.89 Å². The summed E-state index contributed by atoms with van der Waals surface area (Å²) in [5.74, 6) is 0.584. The Balaban J connectivity index is 1.53. The fourth-order valence-corrected chi connectivity index (χ4v) is 4.35. The van der Waals surface area contributed by atoms with Gasteiger partial charge in [-0.15, -0.1) is 16.4 Å². The van der Waals surface area contributed by atoms with E-state index in [4.69, 9.17) is 21.1 Å². The molecule has 0 fully saturated rings. The summed E-state index contributed by atoms with van der Waals surface area (Å²) in [6.07, 6.45) is 0. The van der Waals surface area contributed by atoms with Crippen molar-refractivity contribution < 1.29 is 19.1 Å². The molecule has 0 aliphatic rings. The van der Waals surface area contributed by atoms with Crippen LogP contribution in [0.1, 0.15) is 33.5 Å². The van der Waals surface area contributed by atoms with Gasteiger partial charge in [0.15, 0.2) is 5.82 Å². The predicted molar refractivity (Wildman–Crippen MR) is 121 cm³/mol. The number of hydrogen-bond donors (Lipinski definition) is 2. The third kappa shape index (κ3) is 6.22. The maximum Gasteiger partial charge on any atom is 0.341 e. The van der Waals surface area contributed by atoms with E-state index in [-0.39, 0.29) is 24.9 Å². The summed E-state index contributed by atoms with van der Waals surface area (Å²) in [7, 11) is 0. The van der Waals surface area contributed by atoms with Gasteiger partial charge in [0.25, 0.3) is 0 Å². The number of benzene rings is 1. The molecule has 0 saturated heterocycles. The second kappa shape index (κ2) is 10.7. The molecule has 11 heteroatoms. The molecule has 0 unspecified atom stereocenters. The molecule has 0 aliphatic heterocycles. The summed E-state index contributed by atoms with van der Waals surface area (Å²) >= 11 is 8.38. The number of nitrogens with zero attached hydrogens (tertiary/aromatic N) is 2. The summed E-state index contributed by atoms with van der Waals surface area (Å²) in [5.41, 5.74) is 1.22. The zero-order chi connectivity index (χ0) is 22.4. The Labute approximate surface area is 192 Å². The molecule has 0 aliphatic carbocycles. The first-order valence-electron chi connectivity index (χ1n) is 9.36. The van der Waals surface area contributed by atoms with Crippen molar-refractivity contribution in [3.63, 3.8) is 0 Å². The van der Waals surface area contributed by atoms with Gasteiger partial charge in [-0.2, -0.15) is 0 Å². The molecular weight excluding hydrogens is 460 g/mol. The van der Waals surface area contributed by atoms with Crippen molar-refractivity contribution in [2.45, 2.75) is 32.5 Å². The number of thioether (sulfide) groups is 1. The van der Waals surface area contributed by atoms with Crippen molar-refractivity contribution in [3.05, 3.63) is 51.1 Å². The molecule has 164 valence electrons. The second-order valence-corrected chi connectivity index (χ2v) is 8.96. The number of aryl methyl sites for hydroxylation is 1. The van der Waals surface area contributed by atoms with Crippen LogP contribution < -0.4 is 10.1 Å². The summed E-state index contributed by atoms with van der Waals surface area (Å²) < 4.78 is 10.7. The van der Waals surface area contributed by atoms with Crippen molar-refractivity contribution in [1.82, 2.24) is 15.2 Å². The van der Waals surface area contributed by atoms with E-state index in [2.05, 4.69) is 20.5 Å². The molecule has 0 bridgehead atoms. The standard InChI is InChI=1S/C20H21ClN4O4S2/c1-4-28-19(27)17-11(2)12(3)31-18(17)23-16(26)10-30-20-22-15(24-25-20)9-29-14-7-5-13(21)6-8-14/h5-8H,4,9-10H2,1-3H3,(H,23,26)(H,22,24,25). The van der Waals surface area contributed by atoms with E-state index < -0.39 is 5.97 Å². The van der Waals surface area contributed by atoms with E-state index in [1.165, 1.54) is 23.1 Å². The molecule has 0 saturated carbocycles. The summed E-state index contributed by atoms with van der Waals surface area (Å²) in [5, 5.41) is 11.2. The van der Waals surface area contributed by atoms with Gasteiger partial charge in [-0.25, -0.2) is 9.78 Å². The van der Waals surface area contributed by atoms with Crippen LogP contribution in [-0.4, -0.2) is 39.4 Å². The smallest absolute Gasteiger partial charge is 0.341 e. The number of nitrogens with one attached hydrogen (secondary N) is 2. The van der Waals surface area contributed by atoms with Gasteiger partial charge in [0, 0.05) is 9.90 Å². The molecular formula is C20H21ClN4O4S2. The Morgan fingerprint density at radius 1 is 1.26 bits per heavy atom. The molecule has 0 atom stereocenters. The lowest BCUT2D eigenvalue weighted by molar-refractivity contribution is -0.113. The number of aromatic amines is 1. The predicted octanol–water partition coefficient (Wildman–Crippen LogP) is 4.62. The minimum absolute atomic E-state index is 0.0909. The molecule has 8 nitrogen and oxygen atoms in total. The molecule has 1 aromatic carbocycles. The minimum atomic E-state index is -0.438. The highest BCUT2D eigenvalue weighted by Crippen LogP contribution is 2.33. The Kier molecular flexibility index (Phi) is 7.94. The van der Waals surface area contributed by atoms with Crippen LogP contribution in [0.2, 0.25) is 5.02 Å². The summed E-state index contributed by atoms with van der Waals surface area (Å²) in [4.78, 5) is 29.9. The number of ether oxygens (including phenoxy) is 2. The van der Waals surface area contributed by atoms with E-state index >= 15 is 0 Å². The highest BCUT2D eigenvalue weighted by Gasteiger charge is 2.22. The first-order chi connectivity index (χ1) is 14.9. The highest BCUT2D eigenvalue weighted by atomic mass is 35.5. The average molecular weight is 481 g/mol. The zero-order valence-electron chi connectivity index (χ0n) is 17.2.